The highest BCUT2D eigenvalue weighted by Gasteiger charge is 2.36. The topological polar surface area (TPSA) is 75.1 Å². The van der Waals surface area contributed by atoms with Gasteiger partial charge in [0.1, 0.15) is 5.82 Å². The van der Waals surface area contributed by atoms with E-state index in [1.807, 2.05) is 0 Å². The minimum absolute atomic E-state index is 0.0736. The van der Waals surface area contributed by atoms with Gasteiger partial charge in [0.15, 0.2) is 6.04 Å². The van der Waals surface area contributed by atoms with Crippen LogP contribution in [0.15, 0.2) is 54.6 Å². The summed E-state index contributed by atoms with van der Waals surface area (Å²) in [6.45, 7) is 0. The SMILES string of the molecule is O=C(O)[C@@H](Nc1nc(C(F)(F)F)nc2ccccc12)c1ccccc1. The number of hydrogen-bond acceptors (Lipinski definition) is 4. The average molecular weight is 347 g/mol. The van der Waals surface area contributed by atoms with Gasteiger partial charge in [-0.1, -0.05) is 42.5 Å². The molecule has 0 bridgehead atoms. The van der Waals surface area contributed by atoms with Crippen molar-refractivity contribution in [3.05, 3.63) is 66.0 Å². The molecular weight excluding hydrogens is 335 g/mol. The Balaban J connectivity index is 2.12. The number of halogens is 3. The maximum Gasteiger partial charge on any atom is 0.451 e. The molecule has 128 valence electrons. The van der Waals surface area contributed by atoms with E-state index in [1.54, 1.807) is 42.5 Å². The maximum absolute atomic E-state index is 13.0. The summed E-state index contributed by atoms with van der Waals surface area (Å²) < 4.78 is 39.1. The number of benzene rings is 2. The predicted octanol–water partition coefficient (Wildman–Crippen LogP) is 3.89. The molecule has 5 nitrogen and oxygen atoms in total. The second kappa shape index (κ2) is 6.39. The quantitative estimate of drug-likeness (QED) is 0.749. The largest absolute Gasteiger partial charge is 0.479 e. The summed E-state index contributed by atoms with van der Waals surface area (Å²) in [4.78, 5) is 18.6. The highest BCUT2D eigenvalue weighted by Crippen LogP contribution is 2.31. The summed E-state index contributed by atoms with van der Waals surface area (Å²) in [7, 11) is 0. The molecule has 3 aromatic rings. The van der Waals surface area contributed by atoms with Crippen molar-refractivity contribution in [3.8, 4) is 0 Å². The smallest absolute Gasteiger partial charge is 0.451 e. The van der Waals surface area contributed by atoms with Crippen molar-refractivity contribution in [2.24, 2.45) is 0 Å². The van der Waals surface area contributed by atoms with Crippen molar-refractivity contribution in [1.82, 2.24) is 9.97 Å². The van der Waals surface area contributed by atoms with Gasteiger partial charge in [-0.05, 0) is 17.7 Å². The fourth-order valence-corrected chi connectivity index (χ4v) is 2.38. The van der Waals surface area contributed by atoms with E-state index in [2.05, 4.69) is 15.3 Å². The molecule has 1 atom stereocenters. The lowest BCUT2D eigenvalue weighted by Gasteiger charge is -2.18. The third-order valence-electron chi connectivity index (χ3n) is 3.52. The summed E-state index contributed by atoms with van der Waals surface area (Å²) >= 11 is 0. The molecule has 0 aliphatic rings. The molecule has 1 heterocycles. The first-order valence-electron chi connectivity index (χ1n) is 7.24. The van der Waals surface area contributed by atoms with E-state index >= 15 is 0 Å². The van der Waals surface area contributed by atoms with Gasteiger partial charge in [0.05, 0.1) is 5.52 Å². The third-order valence-corrected chi connectivity index (χ3v) is 3.52. The summed E-state index contributed by atoms with van der Waals surface area (Å²) in [6.07, 6.45) is -4.74. The summed E-state index contributed by atoms with van der Waals surface area (Å²) in [5, 5.41) is 12.4. The van der Waals surface area contributed by atoms with E-state index in [1.165, 1.54) is 12.1 Å². The monoisotopic (exact) mass is 347 g/mol. The number of aliphatic carboxylic acids is 1. The fraction of sp³-hybridized carbons (Fsp3) is 0.118. The number of fused-ring (bicyclic) bond motifs is 1. The fourth-order valence-electron chi connectivity index (χ4n) is 2.38. The van der Waals surface area contributed by atoms with Crippen LogP contribution in [0.5, 0.6) is 0 Å². The van der Waals surface area contributed by atoms with Gasteiger partial charge >= 0.3 is 12.1 Å². The molecule has 0 spiro atoms. The number of carboxylic acids is 1. The molecule has 0 fully saturated rings. The predicted molar refractivity (Wildman–Crippen MR) is 85.0 cm³/mol. The van der Waals surface area contributed by atoms with E-state index < -0.39 is 24.0 Å². The van der Waals surface area contributed by atoms with Crippen LogP contribution in [0.2, 0.25) is 0 Å². The number of rotatable bonds is 4. The number of aromatic nitrogens is 2. The van der Waals surface area contributed by atoms with Gasteiger partial charge in [0, 0.05) is 5.39 Å². The van der Waals surface area contributed by atoms with Gasteiger partial charge in [-0.2, -0.15) is 13.2 Å². The van der Waals surface area contributed by atoms with Gasteiger partial charge < -0.3 is 10.4 Å². The van der Waals surface area contributed by atoms with E-state index in [9.17, 15) is 23.1 Å². The third kappa shape index (κ3) is 3.52. The van der Waals surface area contributed by atoms with Crippen molar-refractivity contribution in [1.29, 1.82) is 0 Å². The Labute approximate surface area is 140 Å². The van der Waals surface area contributed by atoms with Gasteiger partial charge in [-0.25, -0.2) is 14.8 Å². The Morgan fingerprint density at radius 3 is 2.28 bits per heavy atom. The molecule has 0 saturated carbocycles. The molecule has 0 aliphatic carbocycles. The highest BCUT2D eigenvalue weighted by atomic mass is 19.4. The van der Waals surface area contributed by atoms with Crippen LogP contribution in [0.25, 0.3) is 10.9 Å². The van der Waals surface area contributed by atoms with Crippen LogP contribution in [0.4, 0.5) is 19.0 Å². The van der Waals surface area contributed by atoms with Crippen molar-refractivity contribution in [2.75, 3.05) is 5.32 Å². The number of nitrogens with zero attached hydrogens (tertiary/aromatic N) is 2. The summed E-state index contributed by atoms with van der Waals surface area (Å²) in [5.74, 6) is -2.75. The average Bonchev–Trinajstić information content (AvgIpc) is 2.59. The van der Waals surface area contributed by atoms with Crippen LogP contribution in [-0.4, -0.2) is 21.0 Å². The highest BCUT2D eigenvalue weighted by molar-refractivity contribution is 5.91. The minimum atomic E-state index is -4.74. The van der Waals surface area contributed by atoms with Crippen LogP contribution in [0.3, 0.4) is 0 Å². The first-order valence-corrected chi connectivity index (χ1v) is 7.24. The molecule has 2 N–H and O–H groups in total. The second-order valence-corrected chi connectivity index (χ2v) is 5.24. The number of carbonyl (C=O) groups is 1. The van der Waals surface area contributed by atoms with Crippen molar-refractivity contribution < 1.29 is 23.1 Å². The molecule has 0 saturated heterocycles. The minimum Gasteiger partial charge on any atom is -0.479 e. The number of para-hydroxylation sites is 1. The summed E-state index contributed by atoms with van der Waals surface area (Å²) in [6, 6.07) is 13.0. The first-order chi connectivity index (χ1) is 11.9. The van der Waals surface area contributed by atoms with Gasteiger partial charge in [0.25, 0.3) is 0 Å². The van der Waals surface area contributed by atoms with Crippen LogP contribution >= 0.6 is 0 Å². The molecule has 0 aliphatic heterocycles. The number of carboxylic acid groups (broad SMARTS) is 1. The number of nitrogens with one attached hydrogen (secondary N) is 1. The van der Waals surface area contributed by atoms with E-state index in [0.29, 0.717) is 10.9 Å². The lowest BCUT2D eigenvalue weighted by atomic mass is 10.1. The Morgan fingerprint density at radius 1 is 1.00 bits per heavy atom. The van der Waals surface area contributed by atoms with Crippen LogP contribution in [0.1, 0.15) is 17.4 Å². The number of alkyl halides is 3. The van der Waals surface area contributed by atoms with Crippen LogP contribution in [-0.2, 0) is 11.0 Å². The standard InChI is InChI=1S/C17H12F3N3O2/c18-17(19,20)16-21-12-9-5-4-8-11(12)14(23-16)22-13(15(24)25)10-6-2-1-3-7-10/h1-9,13H,(H,24,25)(H,21,22,23)/t13-/m0/s1. The van der Waals surface area contributed by atoms with Gasteiger partial charge in [0.2, 0.25) is 5.82 Å². The molecule has 0 amide bonds. The maximum atomic E-state index is 13.0. The van der Waals surface area contributed by atoms with E-state index in [4.69, 9.17) is 0 Å². The zero-order chi connectivity index (χ0) is 18.0. The Morgan fingerprint density at radius 2 is 1.64 bits per heavy atom. The number of anilines is 1. The molecule has 25 heavy (non-hydrogen) atoms. The van der Waals surface area contributed by atoms with Crippen LogP contribution in [0, 0.1) is 0 Å². The first kappa shape index (κ1) is 16.7. The second-order valence-electron chi connectivity index (χ2n) is 5.24. The molecule has 0 unspecified atom stereocenters. The Kier molecular flexibility index (Phi) is 4.26. The summed E-state index contributed by atoms with van der Waals surface area (Å²) in [5.41, 5.74) is 0.468. The van der Waals surface area contributed by atoms with Crippen LogP contribution < -0.4 is 5.32 Å². The Hall–Kier alpha value is -3.16. The van der Waals surface area contributed by atoms with E-state index in [-0.39, 0.29) is 11.3 Å². The lowest BCUT2D eigenvalue weighted by molar-refractivity contribution is -0.144. The molecule has 1 aromatic heterocycles. The molecule has 0 radical (unpaired) electrons. The van der Waals surface area contributed by atoms with E-state index in [0.717, 1.165) is 0 Å². The van der Waals surface area contributed by atoms with Gasteiger partial charge in [-0.3, -0.25) is 0 Å². The lowest BCUT2D eigenvalue weighted by Crippen LogP contribution is -2.22. The Bertz CT molecular complexity index is 914. The number of hydrogen-bond donors (Lipinski definition) is 2. The van der Waals surface area contributed by atoms with Crippen molar-refractivity contribution >= 4 is 22.7 Å². The normalized spacial score (nSPS) is 12.8. The van der Waals surface area contributed by atoms with Crippen molar-refractivity contribution in [2.45, 2.75) is 12.2 Å². The van der Waals surface area contributed by atoms with Crippen molar-refractivity contribution in [3.63, 3.8) is 0 Å². The zero-order valence-electron chi connectivity index (χ0n) is 12.7. The molecule has 2 aromatic carbocycles. The zero-order valence-corrected chi connectivity index (χ0v) is 12.7. The molecule has 8 heteroatoms. The molecule has 3 rings (SSSR count). The van der Waals surface area contributed by atoms with Gasteiger partial charge in [-0.15, -0.1) is 0 Å². The molecular formula is C17H12F3N3O2.